The standard InChI is InChI=1S/C17H20INO/c1-19(2)10-11-20-17-9-8-16(18)13-15(17)12-14-6-4-3-5-7-14/h3-9,13H,10-12H2,1-2H3. The van der Waals surface area contributed by atoms with Gasteiger partial charge in [-0.25, -0.2) is 0 Å². The normalized spacial score (nSPS) is 10.8. The molecule has 2 aromatic carbocycles. The lowest BCUT2D eigenvalue weighted by Crippen LogP contribution is -2.19. The van der Waals surface area contributed by atoms with Gasteiger partial charge in [0, 0.05) is 16.5 Å². The molecule has 0 aliphatic heterocycles. The summed E-state index contributed by atoms with van der Waals surface area (Å²) >= 11 is 2.35. The summed E-state index contributed by atoms with van der Waals surface area (Å²) < 4.78 is 7.17. The molecular weight excluding hydrogens is 361 g/mol. The van der Waals surface area contributed by atoms with Gasteiger partial charge in [-0.15, -0.1) is 0 Å². The third-order valence-corrected chi connectivity index (χ3v) is 3.73. The maximum atomic E-state index is 5.93. The van der Waals surface area contributed by atoms with E-state index in [1.54, 1.807) is 0 Å². The Morgan fingerprint density at radius 2 is 1.80 bits per heavy atom. The van der Waals surface area contributed by atoms with Crippen LogP contribution in [0.2, 0.25) is 0 Å². The van der Waals surface area contributed by atoms with Gasteiger partial charge in [0.25, 0.3) is 0 Å². The summed E-state index contributed by atoms with van der Waals surface area (Å²) in [6.45, 7) is 1.64. The fourth-order valence-corrected chi connectivity index (χ4v) is 2.54. The molecule has 2 aromatic rings. The Labute approximate surface area is 134 Å². The summed E-state index contributed by atoms with van der Waals surface area (Å²) in [6, 6.07) is 16.9. The Hall–Kier alpha value is -1.07. The van der Waals surface area contributed by atoms with E-state index >= 15 is 0 Å². The van der Waals surface area contributed by atoms with Crippen molar-refractivity contribution in [3.8, 4) is 5.75 Å². The van der Waals surface area contributed by atoms with Crippen LogP contribution in [0.15, 0.2) is 48.5 Å². The van der Waals surface area contributed by atoms with Crippen molar-refractivity contribution < 1.29 is 4.74 Å². The summed E-state index contributed by atoms with van der Waals surface area (Å²) in [5, 5.41) is 0. The van der Waals surface area contributed by atoms with Crippen molar-refractivity contribution in [3.05, 3.63) is 63.2 Å². The van der Waals surface area contributed by atoms with Crippen LogP contribution in [-0.2, 0) is 6.42 Å². The van der Waals surface area contributed by atoms with Gasteiger partial charge in [-0.1, -0.05) is 30.3 Å². The van der Waals surface area contributed by atoms with Crippen LogP contribution in [-0.4, -0.2) is 32.1 Å². The van der Waals surface area contributed by atoms with E-state index in [0.717, 1.165) is 25.3 Å². The topological polar surface area (TPSA) is 12.5 Å². The maximum absolute atomic E-state index is 5.93. The van der Waals surface area contributed by atoms with Gasteiger partial charge in [-0.05, 0) is 66.0 Å². The number of benzene rings is 2. The minimum atomic E-state index is 0.718. The molecule has 0 saturated heterocycles. The zero-order chi connectivity index (χ0) is 14.4. The number of ether oxygens (including phenoxy) is 1. The lowest BCUT2D eigenvalue weighted by molar-refractivity contribution is 0.259. The van der Waals surface area contributed by atoms with Gasteiger partial charge in [0.15, 0.2) is 0 Å². The van der Waals surface area contributed by atoms with Gasteiger partial charge < -0.3 is 9.64 Å². The SMILES string of the molecule is CN(C)CCOc1ccc(I)cc1Cc1ccccc1. The van der Waals surface area contributed by atoms with Crippen molar-refractivity contribution >= 4 is 22.6 Å². The highest BCUT2D eigenvalue weighted by atomic mass is 127. The van der Waals surface area contributed by atoms with Crippen LogP contribution in [0.3, 0.4) is 0 Å². The summed E-state index contributed by atoms with van der Waals surface area (Å²) in [7, 11) is 4.12. The van der Waals surface area contributed by atoms with Gasteiger partial charge >= 0.3 is 0 Å². The molecule has 0 N–H and O–H groups in total. The first-order valence-corrected chi connectivity index (χ1v) is 7.83. The van der Waals surface area contributed by atoms with E-state index in [1.807, 2.05) is 6.07 Å². The highest BCUT2D eigenvalue weighted by molar-refractivity contribution is 14.1. The van der Waals surface area contributed by atoms with Crippen LogP contribution in [0.5, 0.6) is 5.75 Å². The van der Waals surface area contributed by atoms with E-state index in [-0.39, 0.29) is 0 Å². The molecule has 0 atom stereocenters. The molecule has 0 aromatic heterocycles. The smallest absolute Gasteiger partial charge is 0.122 e. The first-order chi connectivity index (χ1) is 9.65. The van der Waals surface area contributed by atoms with Crippen LogP contribution < -0.4 is 4.74 Å². The van der Waals surface area contributed by atoms with E-state index in [4.69, 9.17) is 4.74 Å². The number of hydrogen-bond acceptors (Lipinski definition) is 2. The summed E-state index contributed by atoms with van der Waals surface area (Å²) in [5.74, 6) is 0.996. The van der Waals surface area contributed by atoms with Crippen LogP contribution >= 0.6 is 22.6 Å². The fourth-order valence-electron chi connectivity index (χ4n) is 1.98. The second-order valence-corrected chi connectivity index (χ2v) is 6.31. The molecular formula is C17H20INO. The molecule has 0 heterocycles. The Balaban J connectivity index is 2.11. The van der Waals surface area contributed by atoms with Crippen molar-refractivity contribution in [2.24, 2.45) is 0 Å². The Morgan fingerprint density at radius 3 is 2.50 bits per heavy atom. The van der Waals surface area contributed by atoms with E-state index in [1.165, 1.54) is 14.7 Å². The molecule has 0 aliphatic rings. The lowest BCUT2D eigenvalue weighted by atomic mass is 10.0. The zero-order valence-electron chi connectivity index (χ0n) is 12.0. The molecule has 3 heteroatoms. The molecule has 0 unspecified atom stereocenters. The second kappa shape index (κ2) is 7.64. The summed E-state index contributed by atoms with van der Waals surface area (Å²) in [5.41, 5.74) is 2.56. The Bertz CT molecular complexity index is 540. The van der Waals surface area contributed by atoms with Gasteiger partial charge in [-0.3, -0.25) is 0 Å². The fraction of sp³-hybridized carbons (Fsp3) is 0.294. The van der Waals surface area contributed by atoms with Gasteiger partial charge in [-0.2, -0.15) is 0 Å². The Kier molecular flexibility index (Phi) is 5.86. The third-order valence-electron chi connectivity index (χ3n) is 3.06. The first kappa shape index (κ1) is 15.3. The number of rotatable bonds is 6. The highest BCUT2D eigenvalue weighted by Gasteiger charge is 2.06. The Morgan fingerprint density at radius 1 is 1.05 bits per heavy atom. The molecule has 0 aliphatic carbocycles. The number of hydrogen-bond donors (Lipinski definition) is 0. The third kappa shape index (κ3) is 4.80. The van der Waals surface area contributed by atoms with Crippen LogP contribution in [0, 0.1) is 3.57 Å². The molecule has 0 saturated carbocycles. The second-order valence-electron chi connectivity index (χ2n) is 5.07. The lowest BCUT2D eigenvalue weighted by Gasteiger charge is -2.14. The van der Waals surface area contributed by atoms with Crippen molar-refractivity contribution in [2.75, 3.05) is 27.2 Å². The van der Waals surface area contributed by atoms with Crippen molar-refractivity contribution in [1.82, 2.24) is 4.90 Å². The number of halogens is 1. The highest BCUT2D eigenvalue weighted by Crippen LogP contribution is 2.24. The monoisotopic (exact) mass is 381 g/mol. The number of likely N-dealkylation sites (N-methyl/N-ethyl adjacent to an activating group) is 1. The van der Waals surface area contributed by atoms with E-state index in [9.17, 15) is 0 Å². The predicted octanol–water partition coefficient (Wildman–Crippen LogP) is 3.82. The van der Waals surface area contributed by atoms with Crippen molar-refractivity contribution in [3.63, 3.8) is 0 Å². The zero-order valence-corrected chi connectivity index (χ0v) is 14.1. The minimum Gasteiger partial charge on any atom is -0.492 e. The minimum absolute atomic E-state index is 0.718. The average molecular weight is 381 g/mol. The first-order valence-electron chi connectivity index (χ1n) is 6.75. The van der Waals surface area contributed by atoms with Crippen molar-refractivity contribution in [2.45, 2.75) is 6.42 Å². The summed E-state index contributed by atoms with van der Waals surface area (Å²) in [4.78, 5) is 2.13. The van der Waals surface area contributed by atoms with Crippen LogP contribution in [0.4, 0.5) is 0 Å². The molecule has 106 valence electrons. The van der Waals surface area contributed by atoms with E-state index < -0.39 is 0 Å². The van der Waals surface area contributed by atoms with Gasteiger partial charge in [0.2, 0.25) is 0 Å². The number of nitrogens with zero attached hydrogens (tertiary/aromatic N) is 1. The molecule has 2 nitrogen and oxygen atoms in total. The molecule has 0 radical (unpaired) electrons. The van der Waals surface area contributed by atoms with Gasteiger partial charge in [0.05, 0.1) is 0 Å². The van der Waals surface area contributed by atoms with Gasteiger partial charge in [0.1, 0.15) is 12.4 Å². The van der Waals surface area contributed by atoms with Crippen molar-refractivity contribution in [1.29, 1.82) is 0 Å². The molecule has 0 amide bonds. The summed E-state index contributed by atoms with van der Waals surface area (Å²) in [6.07, 6.45) is 0.912. The molecule has 0 bridgehead atoms. The van der Waals surface area contributed by atoms with Crippen LogP contribution in [0.25, 0.3) is 0 Å². The largest absolute Gasteiger partial charge is 0.492 e. The predicted molar refractivity (Wildman–Crippen MR) is 92.5 cm³/mol. The quantitative estimate of drug-likeness (QED) is 0.706. The maximum Gasteiger partial charge on any atom is 0.122 e. The molecule has 0 fully saturated rings. The molecule has 2 rings (SSSR count). The van der Waals surface area contributed by atoms with Crippen LogP contribution in [0.1, 0.15) is 11.1 Å². The van der Waals surface area contributed by atoms with E-state index in [0.29, 0.717) is 0 Å². The molecule has 20 heavy (non-hydrogen) atoms. The average Bonchev–Trinajstić information content (AvgIpc) is 2.42. The molecule has 0 spiro atoms. The van der Waals surface area contributed by atoms with E-state index in [2.05, 4.69) is 84.1 Å².